The number of aryl methyl sites for hydroxylation is 1. The fourth-order valence-corrected chi connectivity index (χ4v) is 0.850. The molecule has 3 nitrogen and oxygen atoms in total. The molecule has 0 fully saturated rings. The van der Waals surface area contributed by atoms with Gasteiger partial charge in [-0.2, -0.15) is 0 Å². The van der Waals surface area contributed by atoms with Gasteiger partial charge in [0.25, 0.3) is 0 Å². The van der Waals surface area contributed by atoms with Crippen LogP contribution in [0.2, 0.25) is 0 Å². The smallest absolute Gasteiger partial charge is 0.148 e. The zero-order valence-corrected chi connectivity index (χ0v) is 7.05. The normalized spacial score (nSPS) is 10.5. The fourth-order valence-electron chi connectivity index (χ4n) is 0.850. The topological polar surface area (TPSA) is 49.6 Å². The molecule has 0 aromatic carbocycles. The van der Waals surface area contributed by atoms with E-state index in [1.165, 1.54) is 0 Å². The van der Waals surface area contributed by atoms with Crippen LogP contribution < -0.4 is 5.73 Å². The summed E-state index contributed by atoms with van der Waals surface area (Å²) in [4.78, 5) is 8.19. The van der Waals surface area contributed by atoms with Crippen LogP contribution >= 0.6 is 0 Å². The van der Waals surface area contributed by atoms with E-state index < -0.39 is 0 Å². The van der Waals surface area contributed by atoms with E-state index in [2.05, 4.69) is 9.97 Å². The van der Waals surface area contributed by atoms with E-state index in [0.29, 0.717) is 11.7 Å². The summed E-state index contributed by atoms with van der Waals surface area (Å²) in [6.07, 6.45) is 0. The van der Waals surface area contributed by atoms with Crippen molar-refractivity contribution in [1.82, 2.24) is 15.7 Å². The van der Waals surface area contributed by atoms with Gasteiger partial charge in [-0.1, -0.05) is 13.8 Å². The van der Waals surface area contributed by atoms with E-state index in [-0.39, 0.29) is 0 Å². The molecule has 0 saturated carbocycles. The lowest BCUT2D eigenvalue weighted by molar-refractivity contribution is 0.766. The molecule has 0 aliphatic rings. The van der Waals surface area contributed by atoms with E-state index in [1.54, 1.807) is 6.07 Å². The molecule has 0 spiro atoms. The van der Waals surface area contributed by atoms with Gasteiger partial charge in [0.2, 0.25) is 0 Å². The molecule has 0 aliphatic heterocycles. The molecule has 1 N–H and O–H groups in total. The van der Waals surface area contributed by atoms with Crippen LogP contribution in [0.15, 0.2) is 6.07 Å². The molecule has 1 radical (unpaired) electrons. The van der Waals surface area contributed by atoms with Gasteiger partial charge in [0.1, 0.15) is 11.6 Å². The zero-order chi connectivity index (χ0) is 8.43. The van der Waals surface area contributed by atoms with Crippen molar-refractivity contribution in [3.63, 3.8) is 0 Å². The number of rotatable bonds is 1. The molecule has 59 valence electrons. The van der Waals surface area contributed by atoms with Crippen LogP contribution in [-0.4, -0.2) is 9.97 Å². The van der Waals surface area contributed by atoms with Crippen LogP contribution in [0.25, 0.3) is 0 Å². The van der Waals surface area contributed by atoms with Crippen molar-refractivity contribution in [2.24, 2.45) is 0 Å². The molecule has 11 heavy (non-hydrogen) atoms. The summed E-state index contributed by atoms with van der Waals surface area (Å²) in [5.41, 5.74) is 8.19. The van der Waals surface area contributed by atoms with Gasteiger partial charge in [0.05, 0.1) is 0 Å². The Morgan fingerprint density at radius 3 is 2.45 bits per heavy atom. The van der Waals surface area contributed by atoms with Crippen LogP contribution in [0.5, 0.6) is 0 Å². The predicted octanol–water partition coefficient (Wildman–Crippen LogP) is 1.82. The molecule has 0 aliphatic carbocycles. The van der Waals surface area contributed by atoms with Gasteiger partial charge in [0.15, 0.2) is 0 Å². The summed E-state index contributed by atoms with van der Waals surface area (Å²) in [6.45, 7) is 5.92. The molecule has 3 heteroatoms. The molecule has 1 aromatic heterocycles. The number of hydrogen-bond acceptors (Lipinski definition) is 2. The second-order valence-corrected chi connectivity index (χ2v) is 2.91. The Hall–Kier alpha value is -1.12. The van der Waals surface area contributed by atoms with E-state index in [9.17, 15) is 0 Å². The Kier molecular flexibility index (Phi) is 2.08. The van der Waals surface area contributed by atoms with Gasteiger partial charge < -0.3 is 0 Å². The Bertz CT molecular complexity index is 235. The number of aromatic nitrogens is 2. The van der Waals surface area contributed by atoms with Gasteiger partial charge in [-0.3, -0.25) is 5.73 Å². The first-order valence-corrected chi connectivity index (χ1v) is 3.67. The first kappa shape index (κ1) is 7.98. The molecule has 0 atom stereocenters. The summed E-state index contributed by atoms with van der Waals surface area (Å²) in [7, 11) is 0. The second-order valence-electron chi connectivity index (χ2n) is 2.91. The van der Waals surface area contributed by atoms with Crippen LogP contribution in [0.3, 0.4) is 0 Å². The van der Waals surface area contributed by atoms with E-state index in [1.807, 2.05) is 20.8 Å². The third-order valence-corrected chi connectivity index (χ3v) is 1.39. The summed E-state index contributed by atoms with van der Waals surface area (Å²) < 4.78 is 0. The maximum atomic E-state index is 7.32. The largest absolute Gasteiger partial charge is 0.283 e. The van der Waals surface area contributed by atoms with Crippen LogP contribution in [-0.2, 0) is 0 Å². The first-order valence-electron chi connectivity index (χ1n) is 3.67. The quantitative estimate of drug-likeness (QED) is 0.613. The van der Waals surface area contributed by atoms with Gasteiger partial charge in [-0.25, -0.2) is 9.97 Å². The molecule has 1 heterocycles. The second kappa shape index (κ2) is 2.86. The van der Waals surface area contributed by atoms with Crippen LogP contribution in [0.1, 0.15) is 31.3 Å². The van der Waals surface area contributed by atoms with Gasteiger partial charge in [-0.15, -0.1) is 0 Å². The highest BCUT2D eigenvalue weighted by molar-refractivity contribution is 5.25. The minimum atomic E-state index is 0.305. The Morgan fingerprint density at radius 1 is 1.36 bits per heavy atom. The third-order valence-electron chi connectivity index (χ3n) is 1.39. The maximum absolute atomic E-state index is 7.32. The van der Waals surface area contributed by atoms with Crippen molar-refractivity contribution in [2.45, 2.75) is 26.7 Å². The molecular weight excluding hydrogens is 138 g/mol. The third kappa shape index (κ3) is 1.90. The molecular formula is C8H12N3. The standard InChI is InChI=1S/C8H12N3/c1-5(2)8-10-6(3)4-7(9)11-8/h4-5,9H,1-3H3. The van der Waals surface area contributed by atoms with Crippen LogP contribution in [0.4, 0.5) is 5.82 Å². The molecule has 0 saturated heterocycles. The molecule has 0 bridgehead atoms. The van der Waals surface area contributed by atoms with Crippen LogP contribution in [0, 0.1) is 6.92 Å². The maximum Gasteiger partial charge on any atom is 0.148 e. The lowest BCUT2D eigenvalue weighted by Gasteiger charge is -2.03. The lowest BCUT2D eigenvalue weighted by Crippen LogP contribution is -1.99. The molecule has 0 amide bonds. The summed E-state index contributed by atoms with van der Waals surface area (Å²) in [5.74, 6) is 1.37. The number of hydrogen-bond donors (Lipinski definition) is 0. The van der Waals surface area contributed by atoms with Gasteiger partial charge in [0, 0.05) is 17.7 Å². The first-order chi connectivity index (χ1) is 5.09. The van der Waals surface area contributed by atoms with Crippen molar-refractivity contribution in [3.8, 4) is 0 Å². The Labute approximate surface area is 66.7 Å². The molecule has 1 rings (SSSR count). The minimum Gasteiger partial charge on any atom is -0.283 e. The van der Waals surface area contributed by atoms with E-state index in [0.717, 1.165) is 11.5 Å². The van der Waals surface area contributed by atoms with Crippen molar-refractivity contribution in [2.75, 3.05) is 0 Å². The summed E-state index contributed by atoms with van der Waals surface area (Å²) >= 11 is 0. The number of nitrogens with zero attached hydrogens (tertiary/aromatic N) is 2. The van der Waals surface area contributed by atoms with Crippen molar-refractivity contribution < 1.29 is 0 Å². The Morgan fingerprint density at radius 2 is 2.00 bits per heavy atom. The number of nitrogens with one attached hydrogen (secondary N) is 1. The summed E-state index contributed by atoms with van der Waals surface area (Å²) in [6, 6.07) is 1.66. The van der Waals surface area contributed by atoms with Crippen molar-refractivity contribution in [1.29, 1.82) is 0 Å². The van der Waals surface area contributed by atoms with Gasteiger partial charge in [-0.05, 0) is 6.92 Å². The molecule has 0 unspecified atom stereocenters. The predicted molar refractivity (Wildman–Crippen MR) is 43.6 cm³/mol. The van der Waals surface area contributed by atoms with Crippen molar-refractivity contribution >= 4 is 5.82 Å². The van der Waals surface area contributed by atoms with Gasteiger partial charge >= 0.3 is 0 Å². The summed E-state index contributed by atoms with van der Waals surface area (Å²) in [5, 5.41) is 0. The highest BCUT2D eigenvalue weighted by Gasteiger charge is 2.03. The lowest BCUT2D eigenvalue weighted by atomic mass is 10.2. The van der Waals surface area contributed by atoms with E-state index >= 15 is 0 Å². The minimum absolute atomic E-state index is 0.305. The fraction of sp³-hybridized carbons (Fsp3) is 0.500. The SMILES string of the molecule is Cc1cc([NH])nc(C(C)C)n1. The Balaban J connectivity index is 3.08. The average Bonchev–Trinajstić information content (AvgIpc) is 1.85. The monoisotopic (exact) mass is 150 g/mol. The molecule has 1 aromatic rings. The average molecular weight is 150 g/mol. The highest BCUT2D eigenvalue weighted by atomic mass is 14.9. The van der Waals surface area contributed by atoms with Crippen molar-refractivity contribution in [3.05, 3.63) is 17.6 Å². The van der Waals surface area contributed by atoms with E-state index in [4.69, 9.17) is 5.73 Å². The highest BCUT2D eigenvalue weighted by Crippen LogP contribution is 2.11. The zero-order valence-electron chi connectivity index (χ0n) is 7.05.